The van der Waals surface area contributed by atoms with Crippen molar-refractivity contribution in [3.05, 3.63) is 59.4 Å². The summed E-state index contributed by atoms with van der Waals surface area (Å²) in [6.07, 6.45) is 4.13. The monoisotopic (exact) mass is 267 g/mol. The number of aliphatic hydroxyl groups is 1. The van der Waals surface area contributed by atoms with Gasteiger partial charge in [0.15, 0.2) is 0 Å². The highest BCUT2D eigenvalue weighted by atomic mass is 16.5. The van der Waals surface area contributed by atoms with Crippen LogP contribution >= 0.6 is 0 Å². The van der Waals surface area contributed by atoms with Crippen LogP contribution in [0.25, 0.3) is 0 Å². The number of hydrogen-bond acceptors (Lipinski definition) is 3. The summed E-state index contributed by atoms with van der Waals surface area (Å²) in [7, 11) is 0. The summed E-state index contributed by atoms with van der Waals surface area (Å²) >= 11 is 0. The Kier molecular flexibility index (Phi) is 5.16. The largest absolute Gasteiger partial charge is 0.489 e. The molecule has 2 aromatic rings. The predicted octanol–water partition coefficient (Wildman–Crippen LogP) is 2.70. The summed E-state index contributed by atoms with van der Waals surface area (Å²) in [6, 6.07) is 9.67. The Bertz CT molecular complexity index is 609. The van der Waals surface area contributed by atoms with Crippen LogP contribution in [0.4, 0.5) is 0 Å². The third-order valence-electron chi connectivity index (χ3n) is 2.66. The normalized spacial score (nSPS) is 9.70. The number of hydrogen-bond donors (Lipinski definition) is 1. The van der Waals surface area contributed by atoms with Gasteiger partial charge in [0.2, 0.25) is 0 Å². The molecule has 1 aromatic carbocycles. The zero-order valence-electron chi connectivity index (χ0n) is 11.5. The molecule has 0 radical (unpaired) electrons. The van der Waals surface area contributed by atoms with Crippen LogP contribution in [0.15, 0.2) is 42.7 Å². The highest BCUT2D eigenvalue weighted by molar-refractivity contribution is 5.38. The first kappa shape index (κ1) is 14.1. The van der Waals surface area contributed by atoms with Crippen molar-refractivity contribution >= 4 is 0 Å². The van der Waals surface area contributed by atoms with E-state index in [-0.39, 0.29) is 6.61 Å². The SMILES string of the molecule is Cc1cncc(COc2ccc(C#CCCO)cc2)c1. The van der Waals surface area contributed by atoms with E-state index in [1.165, 1.54) is 0 Å². The van der Waals surface area contributed by atoms with Gasteiger partial charge in [0.05, 0.1) is 6.61 Å². The molecular formula is C17H17NO2. The summed E-state index contributed by atoms with van der Waals surface area (Å²) in [6.45, 7) is 2.61. The molecule has 1 aromatic heterocycles. The highest BCUT2D eigenvalue weighted by Crippen LogP contribution is 2.14. The van der Waals surface area contributed by atoms with Gasteiger partial charge in [-0.25, -0.2) is 0 Å². The number of rotatable bonds is 4. The van der Waals surface area contributed by atoms with Crippen molar-refractivity contribution in [3.63, 3.8) is 0 Å². The van der Waals surface area contributed by atoms with E-state index in [2.05, 4.69) is 22.9 Å². The molecule has 1 N–H and O–H groups in total. The van der Waals surface area contributed by atoms with Gasteiger partial charge in [-0.3, -0.25) is 4.98 Å². The van der Waals surface area contributed by atoms with E-state index in [0.717, 1.165) is 22.4 Å². The quantitative estimate of drug-likeness (QED) is 0.866. The number of aryl methyl sites for hydroxylation is 1. The molecule has 0 spiro atoms. The zero-order chi connectivity index (χ0) is 14.2. The van der Waals surface area contributed by atoms with Crippen molar-refractivity contribution in [1.82, 2.24) is 4.98 Å². The van der Waals surface area contributed by atoms with Gasteiger partial charge in [0.25, 0.3) is 0 Å². The molecule has 0 aliphatic heterocycles. The van der Waals surface area contributed by atoms with Crippen LogP contribution < -0.4 is 4.74 Å². The standard InChI is InChI=1S/C17H17NO2/c1-14-10-16(12-18-11-14)13-20-17-7-5-15(6-8-17)4-2-3-9-19/h5-8,10-12,19H,3,9,13H2,1H3. The Hall–Kier alpha value is -2.31. The molecule has 1 heterocycles. The second kappa shape index (κ2) is 7.32. The van der Waals surface area contributed by atoms with Crippen molar-refractivity contribution in [1.29, 1.82) is 0 Å². The van der Waals surface area contributed by atoms with Crippen LogP contribution in [0.1, 0.15) is 23.1 Å². The van der Waals surface area contributed by atoms with Gasteiger partial charge in [-0.05, 0) is 42.8 Å². The van der Waals surface area contributed by atoms with E-state index in [9.17, 15) is 0 Å². The smallest absolute Gasteiger partial charge is 0.119 e. The Labute approximate surface area is 119 Å². The second-order valence-electron chi connectivity index (χ2n) is 4.46. The first-order chi connectivity index (χ1) is 9.78. The minimum absolute atomic E-state index is 0.0960. The molecular weight excluding hydrogens is 250 g/mol. The van der Waals surface area contributed by atoms with Crippen molar-refractivity contribution in [2.75, 3.05) is 6.61 Å². The topological polar surface area (TPSA) is 42.4 Å². The Morgan fingerprint density at radius 2 is 2.00 bits per heavy atom. The lowest BCUT2D eigenvalue weighted by atomic mass is 10.2. The summed E-state index contributed by atoms with van der Waals surface area (Å²) < 4.78 is 5.70. The zero-order valence-corrected chi connectivity index (χ0v) is 11.5. The highest BCUT2D eigenvalue weighted by Gasteiger charge is 1.97. The third-order valence-corrected chi connectivity index (χ3v) is 2.66. The summed E-state index contributed by atoms with van der Waals surface area (Å²) in [5.74, 6) is 6.67. The van der Waals surface area contributed by atoms with Crippen LogP contribution in [0.3, 0.4) is 0 Å². The van der Waals surface area contributed by atoms with Crippen molar-refractivity contribution in [3.8, 4) is 17.6 Å². The van der Waals surface area contributed by atoms with Gasteiger partial charge in [-0.15, -0.1) is 0 Å². The fraction of sp³-hybridized carbons (Fsp3) is 0.235. The second-order valence-corrected chi connectivity index (χ2v) is 4.46. The maximum atomic E-state index is 8.66. The number of ether oxygens (including phenoxy) is 1. The molecule has 0 aliphatic carbocycles. The van der Waals surface area contributed by atoms with Crippen LogP contribution in [0, 0.1) is 18.8 Å². The first-order valence-corrected chi connectivity index (χ1v) is 6.51. The van der Waals surface area contributed by atoms with E-state index in [4.69, 9.17) is 9.84 Å². The van der Waals surface area contributed by atoms with E-state index in [1.807, 2.05) is 43.6 Å². The van der Waals surface area contributed by atoms with E-state index >= 15 is 0 Å². The molecule has 20 heavy (non-hydrogen) atoms. The van der Waals surface area contributed by atoms with Crippen molar-refractivity contribution in [2.45, 2.75) is 20.0 Å². The van der Waals surface area contributed by atoms with Crippen molar-refractivity contribution < 1.29 is 9.84 Å². The van der Waals surface area contributed by atoms with Crippen LogP contribution in [0.2, 0.25) is 0 Å². The lowest BCUT2D eigenvalue weighted by Gasteiger charge is -2.06. The summed E-state index contributed by atoms with van der Waals surface area (Å²) in [5, 5.41) is 8.66. The molecule has 0 bridgehead atoms. The van der Waals surface area contributed by atoms with Crippen LogP contribution in [-0.2, 0) is 6.61 Å². The number of benzene rings is 1. The van der Waals surface area contributed by atoms with E-state index in [1.54, 1.807) is 0 Å². The number of aromatic nitrogens is 1. The molecule has 3 heteroatoms. The van der Waals surface area contributed by atoms with Crippen LogP contribution in [-0.4, -0.2) is 16.7 Å². The number of pyridine rings is 1. The van der Waals surface area contributed by atoms with E-state index in [0.29, 0.717) is 13.0 Å². The van der Waals surface area contributed by atoms with Gasteiger partial charge >= 0.3 is 0 Å². The fourth-order valence-corrected chi connectivity index (χ4v) is 1.72. The average Bonchev–Trinajstić information content (AvgIpc) is 2.47. The van der Waals surface area contributed by atoms with Crippen LogP contribution in [0.5, 0.6) is 5.75 Å². The first-order valence-electron chi connectivity index (χ1n) is 6.51. The Morgan fingerprint density at radius 3 is 2.70 bits per heavy atom. The number of aliphatic hydroxyl groups excluding tert-OH is 1. The van der Waals surface area contributed by atoms with Gasteiger partial charge in [0.1, 0.15) is 12.4 Å². The molecule has 0 saturated carbocycles. The Balaban J connectivity index is 1.93. The van der Waals surface area contributed by atoms with Gasteiger partial charge in [0, 0.05) is 29.9 Å². The fourth-order valence-electron chi connectivity index (χ4n) is 1.72. The Morgan fingerprint density at radius 1 is 1.20 bits per heavy atom. The lowest BCUT2D eigenvalue weighted by molar-refractivity contribution is 0.305. The van der Waals surface area contributed by atoms with Gasteiger partial charge in [-0.2, -0.15) is 0 Å². The molecule has 0 amide bonds. The minimum Gasteiger partial charge on any atom is -0.489 e. The molecule has 0 aliphatic rings. The summed E-state index contributed by atoms with van der Waals surface area (Å²) in [5.41, 5.74) is 3.10. The number of nitrogens with zero attached hydrogens (tertiary/aromatic N) is 1. The van der Waals surface area contributed by atoms with E-state index < -0.39 is 0 Å². The molecule has 0 saturated heterocycles. The third kappa shape index (κ3) is 4.42. The lowest BCUT2D eigenvalue weighted by Crippen LogP contribution is -1.96. The van der Waals surface area contributed by atoms with Crippen molar-refractivity contribution in [2.24, 2.45) is 0 Å². The molecule has 3 nitrogen and oxygen atoms in total. The summed E-state index contributed by atoms with van der Waals surface area (Å²) in [4.78, 5) is 4.13. The molecule has 0 atom stereocenters. The molecule has 2 rings (SSSR count). The minimum atomic E-state index is 0.0960. The molecule has 0 unspecified atom stereocenters. The molecule has 0 fully saturated rings. The average molecular weight is 267 g/mol. The maximum absolute atomic E-state index is 8.66. The maximum Gasteiger partial charge on any atom is 0.119 e. The molecule has 102 valence electrons. The van der Waals surface area contributed by atoms with Gasteiger partial charge in [-0.1, -0.05) is 11.8 Å². The predicted molar refractivity (Wildman–Crippen MR) is 78.3 cm³/mol. The van der Waals surface area contributed by atoms with Gasteiger partial charge < -0.3 is 9.84 Å².